The normalized spacial score (nSPS) is 10.8. The second-order valence-electron chi connectivity index (χ2n) is 6.05. The molecule has 0 N–H and O–H groups in total. The van der Waals surface area contributed by atoms with Crippen molar-refractivity contribution < 1.29 is 9.47 Å². The van der Waals surface area contributed by atoms with Crippen molar-refractivity contribution in [1.29, 1.82) is 0 Å². The Morgan fingerprint density at radius 1 is 1.10 bits per heavy atom. The van der Waals surface area contributed by atoms with E-state index >= 15 is 0 Å². The molecular weight excluding hydrogens is 404 g/mol. The highest BCUT2D eigenvalue weighted by atomic mass is 32.2. The number of aromatic nitrogens is 4. The molecule has 0 amide bonds. The molecule has 4 aromatic rings. The highest BCUT2D eigenvalue weighted by Gasteiger charge is 2.13. The lowest BCUT2D eigenvalue weighted by atomic mass is 10.2. The van der Waals surface area contributed by atoms with Crippen molar-refractivity contribution in [3.05, 3.63) is 65.9 Å². The number of hydrogen-bond acceptors (Lipinski definition) is 7. The van der Waals surface area contributed by atoms with Crippen LogP contribution in [0.3, 0.4) is 0 Å². The van der Waals surface area contributed by atoms with Gasteiger partial charge < -0.3 is 9.47 Å². The fourth-order valence-corrected chi connectivity index (χ4v) is 4.57. The van der Waals surface area contributed by atoms with Crippen molar-refractivity contribution in [1.82, 2.24) is 19.7 Å². The van der Waals surface area contributed by atoms with E-state index < -0.39 is 0 Å². The Labute approximate surface area is 177 Å². The monoisotopic (exact) mass is 424 g/mol. The van der Waals surface area contributed by atoms with E-state index in [2.05, 4.69) is 15.6 Å². The van der Waals surface area contributed by atoms with Gasteiger partial charge in [-0.3, -0.25) is 4.57 Å². The van der Waals surface area contributed by atoms with Gasteiger partial charge in [0.05, 0.1) is 25.1 Å². The zero-order chi connectivity index (χ0) is 20.1. The van der Waals surface area contributed by atoms with Crippen LogP contribution in [0.25, 0.3) is 16.3 Å². The first-order valence-electron chi connectivity index (χ1n) is 9.12. The van der Waals surface area contributed by atoms with E-state index in [1.165, 1.54) is 0 Å². The number of para-hydroxylation sites is 2. The minimum absolute atomic E-state index is 0.664. The fourth-order valence-electron chi connectivity index (χ4n) is 2.82. The van der Waals surface area contributed by atoms with Crippen LogP contribution in [0.4, 0.5) is 0 Å². The Kier molecular flexibility index (Phi) is 6.12. The second-order valence-corrected chi connectivity index (χ2v) is 7.85. The maximum absolute atomic E-state index is 5.50. The Morgan fingerprint density at radius 3 is 2.72 bits per heavy atom. The average molecular weight is 425 g/mol. The van der Waals surface area contributed by atoms with Crippen LogP contribution in [0, 0.1) is 0 Å². The van der Waals surface area contributed by atoms with E-state index in [0.717, 1.165) is 38.6 Å². The van der Waals surface area contributed by atoms with Gasteiger partial charge >= 0.3 is 0 Å². The van der Waals surface area contributed by atoms with Gasteiger partial charge in [-0.05, 0) is 43.3 Å². The van der Waals surface area contributed by atoms with Gasteiger partial charge in [-0.15, -0.1) is 21.5 Å². The van der Waals surface area contributed by atoms with E-state index in [0.29, 0.717) is 12.4 Å². The first-order chi connectivity index (χ1) is 14.3. The summed E-state index contributed by atoms with van der Waals surface area (Å²) in [5.74, 6) is 2.36. The maximum atomic E-state index is 5.50. The number of thiazole rings is 1. The molecule has 0 saturated carbocycles. The predicted molar refractivity (Wildman–Crippen MR) is 116 cm³/mol. The van der Waals surface area contributed by atoms with Crippen LogP contribution >= 0.6 is 23.1 Å². The Balaban J connectivity index is 1.47. The summed E-state index contributed by atoms with van der Waals surface area (Å²) in [6.07, 6.45) is 1.70. The summed E-state index contributed by atoms with van der Waals surface area (Å²) >= 11 is 3.23. The number of ether oxygens (including phenoxy) is 2. The number of benzene rings is 2. The predicted octanol–water partition coefficient (Wildman–Crippen LogP) is 5.09. The average Bonchev–Trinajstić information content (AvgIpc) is 3.42. The lowest BCUT2D eigenvalue weighted by Gasteiger charge is -2.10. The summed E-state index contributed by atoms with van der Waals surface area (Å²) in [5.41, 5.74) is 3.02. The van der Waals surface area contributed by atoms with Crippen LogP contribution in [0.15, 0.2) is 65.4 Å². The SMILES string of the molecule is CCOc1ccc(-c2nc(CSc3nncn3-c3ccccc3OC)cs2)cc1. The number of rotatable bonds is 8. The number of methoxy groups -OCH3 is 1. The molecule has 2 heterocycles. The van der Waals surface area contributed by atoms with Crippen LogP contribution in [0.2, 0.25) is 0 Å². The number of nitrogens with zero attached hydrogens (tertiary/aromatic N) is 4. The fraction of sp³-hybridized carbons (Fsp3) is 0.190. The molecule has 0 unspecified atom stereocenters. The topological polar surface area (TPSA) is 62.1 Å². The third-order valence-electron chi connectivity index (χ3n) is 4.17. The van der Waals surface area contributed by atoms with Crippen LogP contribution in [0.5, 0.6) is 11.5 Å². The molecular formula is C21H20N4O2S2. The van der Waals surface area contributed by atoms with Crippen LogP contribution < -0.4 is 9.47 Å². The van der Waals surface area contributed by atoms with Gasteiger partial charge in [-0.25, -0.2) is 4.98 Å². The Morgan fingerprint density at radius 2 is 1.93 bits per heavy atom. The van der Waals surface area contributed by atoms with Gasteiger partial charge in [0, 0.05) is 16.7 Å². The van der Waals surface area contributed by atoms with Gasteiger partial charge in [-0.2, -0.15) is 0 Å². The Bertz CT molecular complexity index is 1080. The Hall–Kier alpha value is -2.84. The molecule has 6 nitrogen and oxygen atoms in total. The lowest BCUT2D eigenvalue weighted by molar-refractivity contribution is 0.340. The zero-order valence-electron chi connectivity index (χ0n) is 16.1. The van der Waals surface area contributed by atoms with E-state index in [4.69, 9.17) is 14.5 Å². The third-order valence-corrected chi connectivity index (χ3v) is 6.09. The molecule has 148 valence electrons. The minimum atomic E-state index is 0.664. The molecule has 0 radical (unpaired) electrons. The maximum Gasteiger partial charge on any atom is 0.196 e. The van der Waals surface area contributed by atoms with Crippen LogP contribution in [-0.2, 0) is 5.75 Å². The molecule has 0 aliphatic heterocycles. The molecule has 0 bridgehead atoms. The highest BCUT2D eigenvalue weighted by molar-refractivity contribution is 7.98. The van der Waals surface area contributed by atoms with Gasteiger partial charge in [0.1, 0.15) is 22.8 Å². The minimum Gasteiger partial charge on any atom is -0.495 e. The molecule has 2 aromatic carbocycles. The van der Waals surface area contributed by atoms with Crippen molar-refractivity contribution in [3.63, 3.8) is 0 Å². The number of thioether (sulfide) groups is 1. The van der Waals surface area contributed by atoms with Gasteiger partial charge in [0.2, 0.25) is 0 Å². The smallest absolute Gasteiger partial charge is 0.196 e. The summed E-state index contributed by atoms with van der Waals surface area (Å²) in [6.45, 7) is 2.64. The van der Waals surface area contributed by atoms with Gasteiger partial charge in [-0.1, -0.05) is 23.9 Å². The van der Waals surface area contributed by atoms with Gasteiger partial charge in [0.25, 0.3) is 0 Å². The summed E-state index contributed by atoms with van der Waals surface area (Å²) in [5, 5.41) is 12.2. The van der Waals surface area contributed by atoms with Crippen molar-refractivity contribution in [2.24, 2.45) is 0 Å². The standard InChI is InChI=1S/C21H20N4O2S2/c1-3-27-17-10-8-15(9-11-17)20-23-16(12-28-20)13-29-21-24-22-14-25(21)18-6-4-5-7-19(18)26-2/h4-12,14H,3,13H2,1-2H3. The van der Waals surface area contributed by atoms with Crippen molar-refractivity contribution in [2.45, 2.75) is 17.8 Å². The van der Waals surface area contributed by atoms with E-state index in [1.807, 2.05) is 60.0 Å². The molecule has 0 spiro atoms. The molecule has 29 heavy (non-hydrogen) atoms. The molecule has 0 aliphatic carbocycles. The lowest BCUT2D eigenvalue weighted by Crippen LogP contribution is -1.98. The zero-order valence-corrected chi connectivity index (χ0v) is 17.7. The first-order valence-corrected chi connectivity index (χ1v) is 11.0. The molecule has 0 atom stereocenters. The molecule has 0 aliphatic rings. The van der Waals surface area contributed by atoms with Crippen molar-refractivity contribution >= 4 is 23.1 Å². The van der Waals surface area contributed by atoms with E-state index in [9.17, 15) is 0 Å². The highest BCUT2D eigenvalue weighted by Crippen LogP contribution is 2.30. The second kappa shape index (κ2) is 9.11. The quantitative estimate of drug-likeness (QED) is 0.367. The molecule has 0 saturated heterocycles. The van der Waals surface area contributed by atoms with Crippen LogP contribution in [-0.4, -0.2) is 33.5 Å². The van der Waals surface area contributed by atoms with Crippen LogP contribution in [0.1, 0.15) is 12.6 Å². The molecule has 8 heteroatoms. The summed E-state index contributed by atoms with van der Waals surface area (Å²) < 4.78 is 12.9. The van der Waals surface area contributed by atoms with Gasteiger partial charge in [0.15, 0.2) is 5.16 Å². The first kappa shape index (κ1) is 19.5. The summed E-state index contributed by atoms with van der Waals surface area (Å²) in [4.78, 5) is 4.77. The molecule has 4 rings (SSSR count). The van der Waals surface area contributed by atoms with Crippen molar-refractivity contribution in [3.8, 4) is 27.8 Å². The molecule has 2 aromatic heterocycles. The third kappa shape index (κ3) is 4.44. The largest absolute Gasteiger partial charge is 0.495 e. The van der Waals surface area contributed by atoms with E-state index in [-0.39, 0.29) is 0 Å². The van der Waals surface area contributed by atoms with Crippen molar-refractivity contribution in [2.75, 3.05) is 13.7 Å². The number of hydrogen-bond donors (Lipinski definition) is 0. The van der Waals surface area contributed by atoms with E-state index in [1.54, 1.807) is 36.5 Å². The summed E-state index contributed by atoms with van der Waals surface area (Å²) in [7, 11) is 1.66. The molecule has 0 fully saturated rings. The summed E-state index contributed by atoms with van der Waals surface area (Å²) in [6, 6.07) is 15.9.